The Bertz CT molecular complexity index is 724. The van der Waals surface area contributed by atoms with Gasteiger partial charge in [0.15, 0.2) is 5.96 Å². The van der Waals surface area contributed by atoms with E-state index in [-0.39, 0.29) is 0 Å². The highest BCUT2D eigenvalue weighted by molar-refractivity contribution is 5.79. The first-order valence-electron chi connectivity index (χ1n) is 10.6. The van der Waals surface area contributed by atoms with Crippen LogP contribution in [0.15, 0.2) is 41.5 Å². The molecular formula is C22H34N6. The second-order valence-electron chi connectivity index (χ2n) is 7.47. The van der Waals surface area contributed by atoms with Crippen LogP contribution in [0.1, 0.15) is 45.4 Å². The molecule has 6 heteroatoms. The summed E-state index contributed by atoms with van der Waals surface area (Å²) >= 11 is 0. The number of hydrogen-bond acceptors (Lipinski definition) is 3. The number of nitrogens with zero attached hydrogens (tertiary/aromatic N) is 3. The van der Waals surface area contributed by atoms with Crippen molar-refractivity contribution in [2.24, 2.45) is 4.99 Å². The van der Waals surface area contributed by atoms with Crippen LogP contribution in [0.25, 0.3) is 11.3 Å². The minimum Gasteiger partial charge on any atom is -0.357 e. The largest absolute Gasteiger partial charge is 0.357 e. The van der Waals surface area contributed by atoms with Crippen LogP contribution in [-0.2, 0) is 6.54 Å². The molecule has 0 aliphatic carbocycles. The van der Waals surface area contributed by atoms with Crippen molar-refractivity contribution >= 4 is 5.96 Å². The number of likely N-dealkylation sites (tertiary alicyclic amines) is 1. The maximum atomic E-state index is 4.68. The van der Waals surface area contributed by atoms with Crippen LogP contribution in [-0.4, -0.2) is 53.0 Å². The van der Waals surface area contributed by atoms with Gasteiger partial charge in [-0.25, -0.2) is 9.98 Å². The second-order valence-corrected chi connectivity index (χ2v) is 7.47. The average Bonchev–Trinajstić information content (AvgIpc) is 3.20. The predicted octanol–water partition coefficient (Wildman–Crippen LogP) is 3.40. The molecule has 1 aliphatic rings. The molecule has 0 radical (unpaired) electrons. The Labute approximate surface area is 168 Å². The average molecular weight is 383 g/mol. The molecule has 3 N–H and O–H groups in total. The quantitative estimate of drug-likeness (QED) is 0.372. The van der Waals surface area contributed by atoms with E-state index < -0.39 is 0 Å². The maximum absolute atomic E-state index is 4.68. The van der Waals surface area contributed by atoms with E-state index in [0.29, 0.717) is 6.54 Å². The van der Waals surface area contributed by atoms with Crippen molar-refractivity contribution in [3.8, 4) is 11.3 Å². The van der Waals surface area contributed by atoms with Crippen LogP contribution in [0.4, 0.5) is 0 Å². The molecule has 2 aromatic rings. The standard InChI is InChI=1S/C22H34N6/c1-3-23-22(24-13-9-15-28-14-8-7-10-18(28)2)26-17-21-25-16-20(27-21)19-11-5-4-6-12-19/h4-6,11-12,16,18H,3,7-10,13-15,17H2,1-2H3,(H,25,27)(H2,23,24,26). The van der Waals surface area contributed by atoms with Crippen LogP contribution >= 0.6 is 0 Å². The van der Waals surface area contributed by atoms with Gasteiger partial charge in [0.05, 0.1) is 11.9 Å². The van der Waals surface area contributed by atoms with Crippen molar-refractivity contribution in [1.82, 2.24) is 25.5 Å². The van der Waals surface area contributed by atoms with Crippen molar-refractivity contribution in [2.75, 3.05) is 26.2 Å². The third-order valence-corrected chi connectivity index (χ3v) is 5.30. The number of guanidine groups is 1. The van der Waals surface area contributed by atoms with E-state index in [4.69, 9.17) is 0 Å². The summed E-state index contributed by atoms with van der Waals surface area (Å²) in [6.45, 7) is 9.16. The van der Waals surface area contributed by atoms with Crippen LogP contribution < -0.4 is 10.6 Å². The number of piperidine rings is 1. The molecule has 0 bridgehead atoms. The summed E-state index contributed by atoms with van der Waals surface area (Å²) in [7, 11) is 0. The summed E-state index contributed by atoms with van der Waals surface area (Å²) in [5.74, 6) is 1.73. The van der Waals surface area contributed by atoms with Gasteiger partial charge in [-0.3, -0.25) is 0 Å². The SMILES string of the molecule is CCNC(=NCc1ncc(-c2ccccc2)[nH]1)NCCCN1CCCCC1C. The van der Waals surface area contributed by atoms with E-state index >= 15 is 0 Å². The highest BCUT2D eigenvalue weighted by Gasteiger charge is 2.17. The van der Waals surface area contributed by atoms with Crippen molar-refractivity contribution < 1.29 is 0 Å². The first kappa shape index (κ1) is 20.4. The van der Waals surface area contributed by atoms with Gasteiger partial charge < -0.3 is 20.5 Å². The zero-order chi connectivity index (χ0) is 19.6. The number of benzene rings is 1. The number of hydrogen-bond donors (Lipinski definition) is 3. The second kappa shape index (κ2) is 10.9. The Kier molecular flexibility index (Phi) is 7.91. The summed E-state index contributed by atoms with van der Waals surface area (Å²) in [4.78, 5) is 15.1. The third-order valence-electron chi connectivity index (χ3n) is 5.30. The van der Waals surface area contributed by atoms with E-state index in [0.717, 1.165) is 55.1 Å². The van der Waals surface area contributed by atoms with Gasteiger partial charge in [-0.05, 0) is 45.2 Å². The van der Waals surface area contributed by atoms with Gasteiger partial charge in [0.1, 0.15) is 12.4 Å². The van der Waals surface area contributed by atoms with Crippen molar-refractivity contribution in [1.29, 1.82) is 0 Å². The van der Waals surface area contributed by atoms with E-state index in [1.165, 1.54) is 25.8 Å². The molecule has 1 aliphatic heterocycles. The van der Waals surface area contributed by atoms with E-state index in [1.807, 2.05) is 24.4 Å². The molecule has 1 fully saturated rings. The van der Waals surface area contributed by atoms with E-state index in [1.54, 1.807) is 0 Å². The number of H-pyrrole nitrogens is 1. The van der Waals surface area contributed by atoms with Gasteiger partial charge in [-0.15, -0.1) is 0 Å². The lowest BCUT2D eigenvalue weighted by atomic mass is 10.0. The molecule has 1 atom stereocenters. The van der Waals surface area contributed by atoms with E-state index in [2.05, 4.69) is 56.5 Å². The number of nitrogens with one attached hydrogen (secondary N) is 3. The maximum Gasteiger partial charge on any atom is 0.191 e. The molecule has 3 rings (SSSR count). The molecule has 0 spiro atoms. The minimum atomic E-state index is 0.533. The fourth-order valence-electron chi connectivity index (χ4n) is 3.68. The third kappa shape index (κ3) is 6.09. The molecule has 6 nitrogen and oxygen atoms in total. The topological polar surface area (TPSA) is 68.3 Å². The molecule has 1 aromatic heterocycles. The fraction of sp³-hybridized carbons (Fsp3) is 0.545. The Morgan fingerprint density at radius 3 is 2.89 bits per heavy atom. The van der Waals surface area contributed by atoms with Crippen LogP contribution in [0.2, 0.25) is 0 Å². The highest BCUT2D eigenvalue weighted by atomic mass is 15.2. The predicted molar refractivity (Wildman–Crippen MR) is 116 cm³/mol. The summed E-state index contributed by atoms with van der Waals surface area (Å²) in [5.41, 5.74) is 2.17. The molecular weight excluding hydrogens is 348 g/mol. The fourth-order valence-corrected chi connectivity index (χ4v) is 3.68. The summed E-state index contributed by atoms with van der Waals surface area (Å²) < 4.78 is 0. The summed E-state index contributed by atoms with van der Waals surface area (Å²) in [5, 5.41) is 6.78. The Balaban J connectivity index is 1.46. The molecule has 2 heterocycles. The summed E-state index contributed by atoms with van der Waals surface area (Å²) in [6.07, 6.45) is 7.07. The lowest BCUT2D eigenvalue weighted by molar-refractivity contribution is 0.159. The molecule has 0 saturated carbocycles. The monoisotopic (exact) mass is 382 g/mol. The molecule has 1 aromatic carbocycles. The van der Waals surface area contributed by atoms with Crippen molar-refractivity contribution in [3.63, 3.8) is 0 Å². The van der Waals surface area contributed by atoms with Crippen LogP contribution in [0, 0.1) is 0 Å². The Morgan fingerprint density at radius 1 is 1.25 bits per heavy atom. The number of aliphatic imine (C=N–C) groups is 1. The minimum absolute atomic E-state index is 0.533. The van der Waals surface area contributed by atoms with Gasteiger partial charge in [0.2, 0.25) is 0 Å². The Hall–Kier alpha value is -2.34. The molecule has 28 heavy (non-hydrogen) atoms. The lowest BCUT2D eigenvalue weighted by Crippen LogP contribution is -2.41. The van der Waals surface area contributed by atoms with Gasteiger partial charge >= 0.3 is 0 Å². The van der Waals surface area contributed by atoms with Gasteiger partial charge in [0, 0.05) is 25.7 Å². The first-order valence-corrected chi connectivity index (χ1v) is 10.6. The molecule has 1 saturated heterocycles. The number of aromatic nitrogens is 2. The lowest BCUT2D eigenvalue weighted by Gasteiger charge is -2.33. The van der Waals surface area contributed by atoms with Gasteiger partial charge in [-0.1, -0.05) is 36.8 Å². The molecule has 1 unspecified atom stereocenters. The number of rotatable bonds is 8. The molecule has 152 valence electrons. The van der Waals surface area contributed by atoms with E-state index in [9.17, 15) is 0 Å². The smallest absolute Gasteiger partial charge is 0.191 e. The zero-order valence-corrected chi connectivity index (χ0v) is 17.2. The van der Waals surface area contributed by atoms with Crippen LogP contribution in [0.5, 0.6) is 0 Å². The van der Waals surface area contributed by atoms with Gasteiger partial charge in [0.25, 0.3) is 0 Å². The van der Waals surface area contributed by atoms with Gasteiger partial charge in [-0.2, -0.15) is 0 Å². The van der Waals surface area contributed by atoms with Crippen LogP contribution in [0.3, 0.4) is 0 Å². The number of aromatic amines is 1. The Morgan fingerprint density at radius 2 is 2.11 bits per heavy atom. The first-order chi connectivity index (χ1) is 13.8. The normalized spacial score (nSPS) is 18.2. The highest BCUT2D eigenvalue weighted by Crippen LogP contribution is 2.17. The van der Waals surface area contributed by atoms with Crippen molar-refractivity contribution in [3.05, 3.63) is 42.4 Å². The summed E-state index contributed by atoms with van der Waals surface area (Å²) in [6, 6.07) is 11.0. The zero-order valence-electron chi connectivity index (χ0n) is 17.2. The molecule has 0 amide bonds. The van der Waals surface area contributed by atoms with Crippen molar-refractivity contribution in [2.45, 2.75) is 52.1 Å². The number of imidazole rings is 1.